The summed E-state index contributed by atoms with van der Waals surface area (Å²) < 4.78 is 5.79. The normalized spacial score (nSPS) is 15.0. The second-order valence-corrected chi connectivity index (χ2v) is 5.98. The van der Waals surface area contributed by atoms with E-state index in [1.165, 1.54) is 24.8 Å². The second kappa shape index (κ2) is 11.4. The predicted molar refractivity (Wildman–Crippen MR) is 95.9 cm³/mol. The highest BCUT2D eigenvalue weighted by atomic mass is 35.5. The van der Waals surface area contributed by atoms with Crippen molar-refractivity contribution < 1.29 is 9.53 Å². The van der Waals surface area contributed by atoms with E-state index in [1.54, 1.807) is 0 Å². The van der Waals surface area contributed by atoms with E-state index in [4.69, 9.17) is 10.5 Å². The van der Waals surface area contributed by atoms with Gasteiger partial charge in [0.25, 0.3) is 0 Å². The monoisotopic (exact) mass is 340 g/mol. The van der Waals surface area contributed by atoms with Gasteiger partial charge in [-0.25, -0.2) is 0 Å². The summed E-state index contributed by atoms with van der Waals surface area (Å²) in [5, 5.41) is 0. The molecule has 0 atom stereocenters. The summed E-state index contributed by atoms with van der Waals surface area (Å²) >= 11 is 0. The fourth-order valence-electron chi connectivity index (χ4n) is 2.94. The summed E-state index contributed by atoms with van der Waals surface area (Å²) in [6.07, 6.45) is 7.05. The zero-order valence-electron chi connectivity index (χ0n) is 13.8. The van der Waals surface area contributed by atoms with Gasteiger partial charge in [0.15, 0.2) is 0 Å². The Kier molecular flexibility index (Phi) is 9.92. The Bertz CT molecular complexity index is 436. The number of halogens is 1. The van der Waals surface area contributed by atoms with E-state index in [2.05, 4.69) is 12.1 Å². The number of carbonyl (C=O) groups is 1. The van der Waals surface area contributed by atoms with Crippen LogP contribution in [0.15, 0.2) is 30.3 Å². The Morgan fingerprint density at radius 2 is 1.83 bits per heavy atom. The van der Waals surface area contributed by atoms with Crippen molar-refractivity contribution in [2.45, 2.75) is 44.6 Å². The Labute approximate surface area is 145 Å². The lowest BCUT2D eigenvalue weighted by molar-refractivity contribution is -0.138. The van der Waals surface area contributed by atoms with Gasteiger partial charge in [0.05, 0.1) is 6.10 Å². The van der Waals surface area contributed by atoms with E-state index in [0.717, 1.165) is 19.3 Å². The highest BCUT2D eigenvalue weighted by Crippen LogP contribution is 2.20. The zero-order valence-corrected chi connectivity index (χ0v) is 14.6. The number of hydrogen-bond donors (Lipinski definition) is 1. The molecule has 2 N–H and O–H groups in total. The van der Waals surface area contributed by atoms with Crippen LogP contribution in [0.25, 0.3) is 0 Å². The van der Waals surface area contributed by atoms with Crippen LogP contribution in [0.1, 0.15) is 37.7 Å². The number of nitrogens with two attached hydrogens (primary N) is 1. The van der Waals surface area contributed by atoms with Crippen LogP contribution < -0.4 is 5.73 Å². The minimum atomic E-state index is 0. The number of ether oxygens (including phenoxy) is 1. The van der Waals surface area contributed by atoms with E-state index in [-0.39, 0.29) is 31.0 Å². The van der Waals surface area contributed by atoms with Gasteiger partial charge in [-0.2, -0.15) is 0 Å². The number of rotatable bonds is 8. The van der Waals surface area contributed by atoms with Gasteiger partial charge in [-0.15, -0.1) is 12.4 Å². The molecule has 1 amide bonds. The molecule has 0 radical (unpaired) electrons. The lowest BCUT2D eigenvalue weighted by Crippen LogP contribution is -2.40. The minimum Gasteiger partial charge on any atom is -0.368 e. The van der Waals surface area contributed by atoms with Crippen LogP contribution >= 0.6 is 12.4 Å². The molecule has 0 spiro atoms. The number of amides is 1. The molecule has 4 nitrogen and oxygen atoms in total. The maximum absolute atomic E-state index is 12.3. The fraction of sp³-hybridized carbons (Fsp3) is 0.611. The smallest absolute Gasteiger partial charge is 0.248 e. The molecule has 1 fully saturated rings. The molecule has 130 valence electrons. The Morgan fingerprint density at radius 3 is 2.48 bits per heavy atom. The quantitative estimate of drug-likeness (QED) is 0.791. The maximum Gasteiger partial charge on any atom is 0.248 e. The maximum atomic E-state index is 12.3. The molecule has 0 bridgehead atoms. The van der Waals surface area contributed by atoms with Crippen LogP contribution in [-0.2, 0) is 16.0 Å². The van der Waals surface area contributed by atoms with Crippen molar-refractivity contribution in [2.75, 3.05) is 26.2 Å². The van der Waals surface area contributed by atoms with Crippen LogP contribution in [-0.4, -0.2) is 43.2 Å². The Morgan fingerprint density at radius 1 is 1.13 bits per heavy atom. The van der Waals surface area contributed by atoms with Crippen LogP contribution in [0.2, 0.25) is 0 Å². The van der Waals surface area contributed by atoms with E-state index >= 15 is 0 Å². The zero-order chi connectivity index (χ0) is 15.6. The van der Waals surface area contributed by atoms with Gasteiger partial charge in [-0.1, -0.05) is 49.6 Å². The third kappa shape index (κ3) is 7.34. The van der Waals surface area contributed by atoms with Crippen molar-refractivity contribution in [3.8, 4) is 0 Å². The first-order valence-electron chi connectivity index (χ1n) is 8.43. The SMILES string of the molecule is Cl.NCCN(CCc1ccccc1)C(=O)COC1CCCCC1. The molecule has 1 aromatic rings. The van der Waals surface area contributed by atoms with Gasteiger partial charge >= 0.3 is 0 Å². The van der Waals surface area contributed by atoms with Gasteiger partial charge in [0.2, 0.25) is 5.91 Å². The molecule has 0 saturated heterocycles. The predicted octanol–water partition coefficient (Wildman–Crippen LogP) is 2.79. The van der Waals surface area contributed by atoms with Gasteiger partial charge in [-0.05, 0) is 24.8 Å². The molecule has 0 aliphatic heterocycles. The average Bonchev–Trinajstić information content (AvgIpc) is 2.58. The van der Waals surface area contributed by atoms with Gasteiger partial charge in [-0.3, -0.25) is 4.79 Å². The van der Waals surface area contributed by atoms with Crippen molar-refractivity contribution in [3.05, 3.63) is 35.9 Å². The first-order chi connectivity index (χ1) is 10.8. The first-order valence-corrected chi connectivity index (χ1v) is 8.43. The summed E-state index contributed by atoms with van der Waals surface area (Å²) in [5.41, 5.74) is 6.88. The number of benzene rings is 1. The van der Waals surface area contributed by atoms with Crippen molar-refractivity contribution in [1.82, 2.24) is 4.90 Å². The molecular formula is C18H29ClN2O2. The molecule has 1 saturated carbocycles. The van der Waals surface area contributed by atoms with Crippen LogP contribution in [0.5, 0.6) is 0 Å². The summed E-state index contributed by atoms with van der Waals surface area (Å²) in [6, 6.07) is 10.2. The average molecular weight is 341 g/mol. The van der Waals surface area contributed by atoms with Gasteiger partial charge in [0, 0.05) is 19.6 Å². The second-order valence-electron chi connectivity index (χ2n) is 5.98. The standard InChI is InChI=1S/C18H28N2O2.ClH/c19-12-14-20(13-11-16-7-3-1-4-8-16)18(21)15-22-17-9-5-2-6-10-17;/h1,3-4,7-8,17H,2,5-6,9-15,19H2;1H. The molecule has 5 heteroatoms. The third-order valence-corrected chi connectivity index (χ3v) is 4.26. The largest absolute Gasteiger partial charge is 0.368 e. The molecule has 1 aromatic carbocycles. The Balaban J connectivity index is 0.00000264. The Hall–Kier alpha value is -1.10. The molecule has 2 rings (SSSR count). The number of hydrogen-bond acceptors (Lipinski definition) is 3. The van der Waals surface area contributed by atoms with Crippen LogP contribution in [0.3, 0.4) is 0 Å². The summed E-state index contributed by atoms with van der Waals surface area (Å²) in [6.45, 7) is 1.98. The topological polar surface area (TPSA) is 55.6 Å². The molecule has 0 unspecified atom stereocenters. The minimum absolute atomic E-state index is 0. The molecule has 23 heavy (non-hydrogen) atoms. The third-order valence-electron chi connectivity index (χ3n) is 4.26. The van der Waals surface area contributed by atoms with E-state index in [1.807, 2.05) is 23.1 Å². The molecule has 0 aromatic heterocycles. The summed E-state index contributed by atoms with van der Waals surface area (Å²) in [4.78, 5) is 14.2. The van der Waals surface area contributed by atoms with Crippen LogP contribution in [0, 0.1) is 0 Å². The lowest BCUT2D eigenvalue weighted by atomic mass is 9.98. The van der Waals surface area contributed by atoms with Gasteiger partial charge < -0.3 is 15.4 Å². The van der Waals surface area contributed by atoms with E-state index < -0.39 is 0 Å². The number of nitrogens with zero attached hydrogens (tertiary/aromatic N) is 1. The molecular weight excluding hydrogens is 312 g/mol. The molecule has 0 heterocycles. The molecule has 1 aliphatic carbocycles. The highest BCUT2D eigenvalue weighted by molar-refractivity contribution is 5.85. The van der Waals surface area contributed by atoms with Gasteiger partial charge in [0.1, 0.15) is 6.61 Å². The van der Waals surface area contributed by atoms with Crippen molar-refractivity contribution in [3.63, 3.8) is 0 Å². The number of carbonyl (C=O) groups excluding carboxylic acids is 1. The summed E-state index contributed by atoms with van der Waals surface area (Å²) in [7, 11) is 0. The lowest BCUT2D eigenvalue weighted by Gasteiger charge is -2.25. The highest BCUT2D eigenvalue weighted by Gasteiger charge is 2.18. The fourth-order valence-corrected chi connectivity index (χ4v) is 2.94. The van der Waals surface area contributed by atoms with Crippen molar-refractivity contribution in [2.24, 2.45) is 5.73 Å². The summed E-state index contributed by atoms with van der Waals surface area (Å²) in [5.74, 6) is 0.0620. The van der Waals surface area contributed by atoms with Crippen molar-refractivity contribution in [1.29, 1.82) is 0 Å². The molecule has 1 aliphatic rings. The van der Waals surface area contributed by atoms with E-state index in [0.29, 0.717) is 19.6 Å². The van der Waals surface area contributed by atoms with Crippen molar-refractivity contribution >= 4 is 18.3 Å². The van der Waals surface area contributed by atoms with E-state index in [9.17, 15) is 4.79 Å². The van der Waals surface area contributed by atoms with Crippen LogP contribution in [0.4, 0.5) is 0 Å². The first kappa shape index (κ1) is 19.9.